The number of carbonyl (C=O) groups excluding carboxylic acids is 1. The fraction of sp³-hybridized carbons (Fsp3) is 0.167. The number of carbonyl (C=O) groups is 1. The molecule has 5 nitrogen and oxygen atoms in total. The summed E-state index contributed by atoms with van der Waals surface area (Å²) in [5.41, 5.74) is 3.32. The summed E-state index contributed by atoms with van der Waals surface area (Å²) >= 11 is 0. The molecule has 3 aromatic carbocycles. The zero-order chi connectivity index (χ0) is 21.1. The van der Waals surface area contributed by atoms with Crippen molar-refractivity contribution in [3.63, 3.8) is 0 Å². The third-order valence-electron chi connectivity index (χ3n) is 5.09. The standard InChI is InChI=1S/C24H22FN3O2/c1-16(18-8-10-21(25)11-9-18)27-24(29)19-6-7-20-14-26-28(23(20)13-19)15-17-4-3-5-22(12-17)30-2/h3-14,16H,15H2,1-2H3,(H,27,29)/t16-/m0/s1. The van der Waals surface area contributed by atoms with Crippen molar-refractivity contribution in [3.8, 4) is 5.75 Å². The second kappa shape index (κ2) is 8.37. The summed E-state index contributed by atoms with van der Waals surface area (Å²) in [6.45, 7) is 2.44. The topological polar surface area (TPSA) is 56.2 Å². The first-order valence-electron chi connectivity index (χ1n) is 9.68. The van der Waals surface area contributed by atoms with Crippen LogP contribution in [0.5, 0.6) is 5.75 Å². The largest absolute Gasteiger partial charge is 0.497 e. The molecule has 0 saturated heterocycles. The number of hydrogen-bond donors (Lipinski definition) is 1. The molecule has 152 valence electrons. The lowest BCUT2D eigenvalue weighted by Crippen LogP contribution is -2.26. The van der Waals surface area contributed by atoms with Crippen LogP contribution < -0.4 is 10.1 Å². The van der Waals surface area contributed by atoms with Crippen molar-refractivity contribution in [1.29, 1.82) is 0 Å². The molecule has 1 heterocycles. The van der Waals surface area contributed by atoms with Crippen molar-refractivity contribution >= 4 is 16.8 Å². The van der Waals surface area contributed by atoms with Gasteiger partial charge in [-0.15, -0.1) is 0 Å². The highest BCUT2D eigenvalue weighted by Crippen LogP contribution is 2.20. The number of benzene rings is 3. The minimum absolute atomic E-state index is 0.192. The Hall–Kier alpha value is -3.67. The molecule has 1 amide bonds. The van der Waals surface area contributed by atoms with E-state index in [1.54, 1.807) is 31.5 Å². The summed E-state index contributed by atoms with van der Waals surface area (Å²) in [4.78, 5) is 12.8. The maximum absolute atomic E-state index is 13.1. The molecule has 0 saturated carbocycles. The van der Waals surface area contributed by atoms with Crippen molar-refractivity contribution in [2.45, 2.75) is 19.5 Å². The van der Waals surface area contributed by atoms with Crippen molar-refractivity contribution in [3.05, 3.63) is 95.4 Å². The van der Waals surface area contributed by atoms with Crippen LogP contribution in [0.4, 0.5) is 4.39 Å². The van der Waals surface area contributed by atoms with E-state index in [1.807, 2.05) is 48.0 Å². The lowest BCUT2D eigenvalue weighted by Gasteiger charge is -2.14. The highest BCUT2D eigenvalue weighted by molar-refractivity contribution is 5.98. The van der Waals surface area contributed by atoms with Crippen LogP contribution in [0, 0.1) is 5.82 Å². The van der Waals surface area contributed by atoms with Gasteiger partial charge in [0, 0.05) is 10.9 Å². The Morgan fingerprint density at radius 3 is 2.70 bits per heavy atom. The number of fused-ring (bicyclic) bond motifs is 1. The molecule has 0 fully saturated rings. The van der Waals surface area contributed by atoms with E-state index in [1.165, 1.54) is 12.1 Å². The average Bonchev–Trinajstić information content (AvgIpc) is 3.16. The quantitative estimate of drug-likeness (QED) is 0.507. The maximum Gasteiger partial charge on any atom is 0.251 e. The van der Waals surface area contributed by atoms with E-state index in [4.69, 9.17) is 4.74 Å². The maximum atomic E-state index is 13.1. The minimum Gasteiger partial charge on any atom is -0.497 e. The lowest BCUT2D eigenvalue weighted by atomic mass is 10.1. The van der Waals surface area contributed by atoms with Gasteiger partial charge in [-0.25, -0.2) is 4.39 Å². The molecule has 30 heavy (non-hydrogen) atoms. The summed E-state index contributed by atoms with van der Waals surface area (Å²) in [5.74, 6) is 0.300. The van der Waals surface area contributed by atoms with Crippen molar-refractivity contribution in [1.82, 2.24) is 15.1 Å². The number of methoxy groups -OCH3 is 1. The Morgan fingerprint density at radius 2 is 1.93 bits per heavy atom. The fourth-order valence-corrected chi connectivity index (χ4v) is 3.40. The highest BCUT2D eigenvalue weighted by atomic mass is 19.1. The molecule has 0 unspecified atom stereocenters. The SMILES string of the molecule is COc1cccc(Cn2ncc3ccc(C(=O)N[C@@H](C)c4ccc(F)cc4)cc32)c1. The predicted octanol–water partition coefficient (Wildman–Crippen LogP) is 4.72. The van der Waals surface area contributed by atoms with E-state index in [2.05, 4.69) is 10.4 Å². The molecule has 1 atom stereocenters. The molecule has 4 aromatic rings. The Balaban J connectivity index is 1.55. The van der Waals surface area contributed by atoms with Crippen LogP contribution in [0.15, 0.2) is 72.9 Å². The van der Waals surface area contributed by atoms with E-state index >= 15 is 0 Å². The second-order valence-corrected chi connectivity index (χ2v) is 7.17. The van der Waals surface area contributed by atoms with Crippen LogP contribution in [0.1, 0.15) is 34.5 Å². The molecule has 0 aliphatic rings. The van der Waals surface area contributed by atoms with E-state index in [9.17, 15) is 9.18 Å². The molecular formula is C24H22FN3O2. The van der Waals surface area contributed by atoms with Gasteiger partial charge in [-0.3, -0.25) is 9.48 Å². The number of halogens is 1. The molecular weight excluding hydrogens is 381 g/mol. The van der Waals surface area contributed by atoms with Gasteiger partial charge in [0.25, 0.3) is 5.91 Å². The third-order valence-corrected chi connectivity index (χ3v) is 5.09. The first-order chi connectivity index (χ1) is 14.5. The molecule has 1 N–H and O–H groups in total. The van der Waals surface area contributed by atoms with E-state index in [-0.39, 0.29) is 17.8 Å². The van der Waals surface area contributed by atoms with Crippen LogP contribution in [-0.2, 0) is 6.54 Å². The summed E-state index contributed by atoms with van der Waals surface area (Å²) in [7, 11) is 1.64. The van der Waals surface area contributed by atoms with Crippen molar-refractivity contribution < 1.29 is 13.9 Å². The Bertz CT molecular complexity index is 1180. The molecule has 1 aromatic heterocycles. The van der Waals surface area contributed by atoms with Crippen molar-refractivity contribution in [2.24, 2.45) is 0 Å². The number of ether oxygens (including phenoxy) is 1. The van der Waals surface area contributed by atoms with Gasteiger partial charge in [0.1, 0.15) is 11.6 Å². The zero-order valence-corrected chi connectivity index (χ0v) is 16.8. The number of aromatic nitrogens is 2. The van der Waals surface area contributed by atoms with E-state index in [0.29, 0.717) is 12.1 Å². The Morgan fingerprint density at radius 1 is 1.13 bits per heavy atom. The third kappa shape index (κ3) is 4.17. The summed E-state index contributed by atoms with van der Waals surface area (Å²) in [5, 5.41) is 8.40. The monoisotopic (exact) mass is 403 g/mol. The number of nitrogens with zero attached hydrogens (tertiary/aromatic N) is 2. The number of amides is 1. The van der Waals surface area contributed by atoms with Crippen LogP contribution in [0.3, 0.4) is 0 Å². The number of rotatable bonds is 6. The van der Waals surface area contributed by atoms with Gasteiger partial charge in [-0.2, -0.15) is 5.10 Å². The molecule has 0 aliphatic heterocycles. The van der Waals surface area contributed by atoms with Gasteiger partial charge < -0.3 is 10.1 Å². The molecule has 0 aliphatic carbocycles. The first-order valence-corrected chi connectivity index (χ1v) is 9.68. The smallest absolute Gasteiger partial charge is 0.251 e. The van der Waals surface area contributed by atoms with E-state index in [0.717, 1.165) is 27.8 Å². The summed E-state index contributed by atoms with van der Waals surface area (Å²) in [6.07, 6.45) is 1.79. The van der Waals surface area contributed by atoms with Gasteiger partial charge in [-0.1, -0.05) is 30.3 Å². The lowest BCUT2D eigenvalue weighted by molar-refractivity contribution is 0.0940. The highest BCUT2D eigenvalue weighted by Gasteiger charge is 2.14. The molecule has 0 bridgehead atoms. The summed E-state index contributed by atoms with van der Waals surface area (Å²) in [6, 6.07) is 19.2. The van der Waals surface area contributed by atoms with Crippen LogP contribution in [0.25, 0.3) is 10.9 Å². The van der Waals surface area contributed by atoms with Crippen LogP contribution >= 0.6 is 0 Å². The fourth-order valence-electron chi connectivity index (χ4n) is 3.40. The minimum atomic E-state index is -0.299. The Labute approximate surface area is 174 Å². The van der Waals surface area contributed by atoms with Gasteiger partial charge in [0.05, 0.1) is 31.4 Å². The van der Waals surface area contributed by atoms with Gasteiger partial charge in [0.15, 0.2) is 0 Å². The molecule has 6 heteroatoms. The number of nitrogens with one attached hydrogen (secondary N) is 1. The zero-order valence-electron chi connectivity index (χ0n) is 16.8. The first kappa shape index (κ1) is 19.6. The van der Waals surface area contributed by atoms with Crippen molar-refractivity contribution in [2.75, 3.05) is 7.11 Å². The molecule has 0 spiro atoms. The van der Waals surface area contributed by atoms with Gasteiger partial charge >= 0.3 is 0 Å². The van der Waals surface area contributed by atoms with Crippen LogP contribution in [-0.4, -0.2) is 22.8 Å². The average molecular weight is 403 g/mol. The van der Waals surface area contributed by atoms with Gasteiger partial charge in [0.2, 0.25) is 0 Å². The molecule has 0 radical (unpaired) electrons. The second-order valence-electron chi connectivity index (χ2n) is 7.17. The summed E-state index contributed by atoms with van der Waals surface area (Å²) < 4.78 is 20.3. The van der Waals surface area contributed by atoms with E-state index < -0.39 is 0 Å². The normalized spacial score (nSPS) is 12.0. The van der Waals surface area contributed by atoms with Gasteiger partial charge in [-0.05, 0) is 54.4 Å². The number of hydrogen-bond acceptors (Lipinski definition) is 3. The molecule has 4 rings (SSSR count). The predicted molar refractivity (Wildman–Crippen MR) is 114 cm³/mol. The van der Waals surface area contributed by atoms with Crippen LogP contribution in [0.2, 0.25) is 0 Å². The Kier molecular flexibility index (Phi) is 5.48.